The van der Waals surface area contributed by atoms with E-state index in [-0.39, 0.29) is 13.1 Å². The van der Waals surface area contributed by atoms with Crippen LogP contribution in [0.4, 0.5) is 5.69 Å². The van der Waals surface area contributed by atoms with E-state index in [0.29, 0.717) is 17.2 Å². The van der Waals surface area contributed by atoms with Crippen LogP contribution in [-0.2, 0) is 21.4 Å². The van der Waals surface area contributed by atoms with Crippen LogP contribution < -0.4 is 10.1 Å². The number of furan rings is 1. The van der Waals surface area contributed by atoms with Crippen molar-refractivity contribution in [3.63, 3.8) is 0 Å². The van der Waals surface area contributed by atoms with Crippen molar-refractivity contribution in [3.05, 3.63) is 89.7 Å². The van der Waals surface area contributed by atoms with Gasteiger partial charge in [0.2, 0.25) is 15.9 Å². The summed E-state index contributed by atoms with van der Waals surface area (Å²) in [5.74, 6) is 0.619. The summed E-state index contributed by atoms with van der Waals surface area (Å²) in [7, 11) is -2.33. The van der Waals surface area contributed by atoms with Crippen molar-refractivity contribution in [2.45, 2.75) is 6.54 Å². The lowest BCUT2D eigenvalue weighted by Crippen LogP contribution is -2.36. The monoisotopic (exact) mass is 426 g/mol. The molecule has 1 amide bonds. The van der Waals surface area contributed by atoms with Crippen LogP contribution in [0.25, 0.3) is 6.08 Å². The zero-order valence-corrected chi connectivity index (χ0v) is 17.2. The van der Waals surface area contributed by atoms with Crippen LogP contribution in [0.2, 0.25) is 0 Å². The second-order valence-electron chi connectivity index (χ2n) is 6.38. The number of carbonyl (C=O) groups is 1. The third-order valence-corrected chi connectivity index (χ3v) is 5.66. The summed E-state index contributed by atoms with van der Waals surface area (Å²) in [5.41, 5.74) is 1.28. The molecule has 0 saturated heterocycles. The number of rotatable bonds is 9. The van der Waals surface area contributed by atoms with Crippen LogP contribution in [0.5, 0.6) is 5.75 Å². The zero-order valence-electron chi connectivity index (χ0n) is 16.4. The van der Waals surface area contributed by atoms with Crippen LogP contribution in [0.1, 0.15) is 11.3 Å². The number of benzene rings is 2. The Labute approximate surface area is 175 Å². The Hall–Kier alpha value is -3.36. The van der Waals surface area contributed by atoms with E-state index in [1.54, 1.807) is 55.6 Å². The van der Waals surface area contributed by atoms with E-state index in [1.165, 1.54) is 12.3 Å². The van der Waals surface area contributed by atoms with Gasteiger partial charge in [0.05, 0.1) is 26.5 Å². The van der Waals surface area contributed by atoms with Gasteiger partial charge in [-0.05, 0) is 48.0 Å². The van der Waals surface area contributed by atoms with Crippen molar-refractivity contribution >= 4 is 27.7 Å². The molecule has 1 aromatic heterocycles. The fourth-order valence-electron chi connectivity index (χ4n) is 2.66. The lowest BCUT2D eigenvalue weighted by molar-refractivity contribution is -0.116. The van der Waals surface area contributed by atoms with Gasteiger partial charge in [0.15, 0.2) is 0 Å². The van der Waals surface area contributed by atoms with Gasteiger partial charge in [-0.1, -0.05) is 30.3 Å². The van der Waals surface area contributed by atoms with Crippen LogP contribution in [0, 0.1) is 0 Å². The van der Waals surface area contributed by atoms with Crippen molar-refractivity contribution in [2.75, 3.05) is 19.0 Å². The van der Waals surface area contributed by atoms with E-state index < -0.39 is 15.9 Å². The molecule has 3 aromatic rings. The molecule has 30 heavy (non-hydrogen) atoms. The molecule has 0 saturated carbocycles. The number of ether oxygens (including phenoxy) is 1. The topological polar surface area (TPSA) is 88.8 Å². The molecular weight excluding hydrogens is 404 g/mol. The Kier molecular flexibility index (Phi) is 7.05. The van der Waals surface area contributed by atoms with Gasteiger partial charge in [-0.25, -0.2) is 8.42 Å². The summed E-state index contributed by atoms with van der Waals surface area (Å²) in [6, 6.07) is 19.1. The maximum atomic E-state index is 12.9. The van der Waals surface area contributed by atoms with E-state index in [2.05, 4.69) is 5.32 Å². The normalized spacial score (nSPS) is 11.7. The first kappa shape index (κ1) is 21.4. The number of nitrogens with zero attached hydrogens (tertiary/aromatic N) is 1. The number of sulfonamides is 1. The fourth-order valence-corrected chi connectivity index (χ4v) is 3.77. The minimum atomic E-state index is -3.88. The van der Waals surface area contributed by atoms with E-state index in [1.807, 2.05) is 18.2 Å². The molecule has 0 aliphatic rings. The number of methoxy groups -OCH3 is 1. The Balaban J connectivity index is 1.75. The predicted molar refractivity (Wildman–Crippen MR) is 115 cm³/mol. The van der Waals surface area contributed by atoms with Crippen molar-refractivity contribution < 1.29 is 22.4 Å². The van der Waals surface area contributed by atoms with E-state index in [4.69, 9.17) is 9.15 Å². The molecule has 1 N–H and O–H groups in total. The highest BCUT2D eigenvalue weighted by Gasteiger charge is 2.24. The number of hydrogen-bond donors (Lipinski definition) is 1. The van der Waals surface area contributed by atoms with E-state index in [9.17, 15) is 13.2 Å². The Morgan fingerprint density at radius 1 is 1.07 bits per heavy atom. The molecule has 3 rings (SSSR count). The number of carbonyl (C=O) groups excluding carboxylic acids is 1. The first-order valence-corrected chi connectivity index (χ1v) is 10.7. The summed E-state index contributed by atoms with van der Waals surface area (Å²) in [5, 5.41) is 3.78. The molecule has 8 heteroatoms. The molecule has 1 heterocycles. The van der Waals surface area contributed by atoms with E-state index in [0.717, 1.165) is 15.3 Å². The second kappa shape index (κ2) is 9.91. The lowest BCUT2D eigenvalue weighted by Gasteiger charge is -2.19. The standard InChI is InChI=1S/C22H22N2O5S/c1-28-20-11-9-19(10-12-20)23-22(25)17-24(16-21-8-5-14-29-21)30(26,27)15-13-18-6-3-2-4-7-18/h2-15H,16-17H2,1H3,(H,23,25)/b15-13+. The van der Waals surface area contributed by atoms with Gasteiger partial charge < -0.3 is 14.5 Å². The first-order valence-electron chi connectivity index (χ1n) is 9.16. The highest BCUT2D eigenvalue weighted by molar-refractivity contribution is 7.92. The molecule has 0 radical (unpaired) electrons. The first-order chi connectivity index (χ1) is 14.5. The Morgan fingerprint density at radius 3 is 2.43 bits per heavy atom. The Bertz CT molecular complexity index is 1080. The van der Waals surface area contributed by atoms with Gasteiger partial charge in [0.1, 0.15) is 11.5 Å². The van der Waals surface area contributed by atoms with Crippen LogP contribution in [-0.4, -0.2) is 32.3 Å². The van der Waals surface area contributed by atoms with Crippen LogP contribution in [0.3, 0.4) is 0 Å². The van der Waals surface area contributed by atoms with Crippen LogP contribution in [0.15, 0.2) is 82.8 Å². The lowest BCUT2D eigenvalue weighted by atomic mass is 10.2. The fraction of sp³-hybridized carbons (Fsp3) is 0.136. The molecule has 7 nitrogen and oxygen atoms in total. The largest absolute Gasteiger partial charge is 0.497 e. The SMILES string of the molecule is COc1ccc(NC(=O)CN(Cc2ccco2)S(=O)(=O)/C=C/c2ccccc2)cc1. The number of hydrogen-bond acceptors (Lipinski definition) is 5. The minimum absolute atomic E-state index is 0.0650. The average Bonchev–Trinajstić information content (AvgIpc) is 3.26. The summed E-state index contributed by atoms with van der Waals surface area (Å²) in [6.45, 7) is -0.432. The third kappa shape index (κ3) is 6.07. The maximum Gasteiger partial charge on any atom is 0.239 e. The van der Waals surface area contributed by atoms with Gasteiger partial charge in [0.25, 0.3) is 0 Å². The van der Waals surface area contributed by atoms with Gasteiger partial charge in [-0.3, -0.25) is 4.79 Å². The molecule has 0 unspecified atom stereocenters. The highest BCUT2D eigenvalue weighted by Crippen LogP contribution is 2.17. The van der Waals surface area contributed by atoms with Gasteiger partial charge in [-0.15, -0.1) is 0 Å². The number of anilines is 1. The average molecular weight is 426 g/mol. The summed E-state index contributed by atoms with van der Waals surface area (Å²) in [4.78, 5) is 12.5. The molecule has 0 aliphatic heterocycles. The summed E-state index contributed by atoms with van der Waals surface area (Å²) >= 11 is 0. The van der Waals surface area contributed by atoms with Gasteiger partial charge >= 0.3 is 0 Å². The molecular formula is C22H22N2O5S. The summed E-state index contributed by atoms with van der Waals surface area (Å²) < 4.78 is 37.2. The molecule has 156 valence electrons. The van der Waals surface area contributed by atoms with Gasteiger partial charge in [0, 0.05) is 11.1 Å². The predicted octanol–water partition coefficient (Wildman–Crippen LogP) is 3.73. The highest BCUT2D eigenvalue weighted by atomic mass is 32.2. The smallest absolute Gasteiger partial charge is 0.239 e. The minimum Gasteiger partial charge on any atom is -0.497 e. The summed E-state index contributed by atoms with van der Waals surface area (Å²) in [6.07, 6.45) is 2.95. The van der Waals surface area contributed by atoms with Crippen molar-refractivity contribution in [1.29, 1.82) is 0 Å². The zero-order chi connectivity index (χ0) is 21.4. The molecule has 0 spiro atoms. The molecule has 0 fully saturated rings. The van der Waals surface area contributed by atoms with Crippen molar-refractivity contribution in [1.82, 2.24) is 4.31 Å². The van der Waals surface area contributed by atoms with Crippen molar-refractivity contribution in [3.8, 4) is 5.75 Å². The number of amides is 1. The molecule has 0 aliphatic carbocycles. The third-order valence-electron chi connectivity index (χ3n) is 4.20. The molecule has 0 bridgehead atoms. The maximum absolute atomic E-state index is 12.9. The molecule has 2 aromatic carbocycles. The quantitative estimate of drug-likeness (QED) is 0.563. The van der Waals surface area contributed by atoms with E-state index >= 15 is 0 Å². The van der Waals surface area contributed by atoms with Crippen LogP contribution >= 0.6 is 0 Å². The molecule has 0 atom stereocenters. The second-order valence-corrected chi connectivity index (χ2v) is 8.20. The van der Waals surface area contributed by atoms with Crippen molar-refractivity contribution in [2.24, 2.45) is 0 Å². The number of nitrogens with one attached hydrogen (secondary N) is 1. The Morgan fingerprint density at radius 2 is 1.80 bits per heavy atom. The van der Waals surface area contributed by atoms with Gasteiger partial charge in [-0.2, -0.15) is 4.31 Å².